The van der Waals surface area contributed by atoms with Gasteiger partial charge >= 0.3 is 0 Å². The van der Waals surface area contributed by atoms with Crippen molar-refractivity contribution in [3.05, 3.63) is 65.5 Å². The zero-order valence-electron chi connectivity index (χ0n) is 9.74. The highest BCUT2D eigenvalue weighted by Gasteiger charge is 2.07. The van der Waals surface area contributed by atoms with Gasteiger partial charge < -0.3 is 4.18 Å². The molecule has 0 aliphatic heterocycles. The molecule has 0 N–H and O–H groups in total. The van der Waals surface area contributed by atoms with Crippen molar-refractivity contribution < 1.29 is 8.39 Å². The summed E-state index contributed by atoms with van der Waals surface area (Å²) in [7, 11) is 0. The molecule has 2 aromatic carbocycles. The van der Waals surface area contributed by atoms with Gasteiger partial charge in [-0.25, -0.2) is 9.05 Å². The SMILES string of the molecule is [C-]#[N+]c1cccc(S(=O)Oc2ccc(C#N)cc2)c1. The molecule has 19 heavy (non-hydrogen) atoms. The summed E-state index contributed by atoms with van der Waals surface area (Å²) in [5.41, 5.74) is 0.919. The molecule has 2 rings (SSSR count). The van der Waals surface area contributed by atoms with E-state index in [-0.39, 0.29) is 0 Å². The molecule has 2 aromatic rings. The molecule has 92 valence electrons. The molecular formula is C14H8N2O2S. The number of hydrogen-bond acceptors (Lipinski definition) is 3. The third-order valence-corrected chi connectivity index (χ3v) is 3.28. The molecule has 5 heteroatoms. The van der Waals surface area contributed by atoms with Crippen molar-refractivity contribution in [2.24, 2.45) is 0 Å². The Bertz CT molecular complexity index is 697. The average Bonchev–Trinajstić information content (AvgIpc) is 2.48. The second-order valence-electron chi connectivity index (χ2n) is 3.56. The Balaban J connectivity index is 2.16. The highest BCUT2D eigenvalue weighted by molar-refractivity contribution is 7.80. The first kappa shape index (κ1) is 12.8. The van der Waals surface area contributed by atoms with Gasteiger partial charge in [-0.15, -0.1) is 0 Å². The van der Waals surface area contributed by atoms with Gasteiger partial charge in [0.25, 0.3) is 0 Å². The number of rotatable bonds is 3. The molecule has 0 aliphatic carbocycles. The minimum absolute atomic E-state index is 0.408. The Morgan fingerprint density at radius 1 is 1.21 bits per heavy atom. The van der Waals surface area contributed by atoms with E-state index in [9.17, 15) is 4.21 Å². The van der Waals surface area contributed by atoms with E-state index in [1.165, 1.54) is 6.07 Å². The zero-order valence-corrected chi connectivity index (χ0v) is 10.6. The summed E-state index contributed by atoms with van der Waals surface area (Å²) < 4.78 is 17.2. The second kappa shape index (κ2) is 5.81. The van der Waals surface area contributed by atoms with Crippen molar-refractivity contribution in [3.8, 4) is 11.8 Å². The highest BCUT2D eigenvalue weighted by atomic mass is 32.2. The topological polar surface area (TPSA) is 54.5 Å². The monoisotopic (exact) mass is 268 g/mol. The summed E-state index contributed by atoms with van der Waals surface area (Å²) in [4.78, 5) is 3.70. The van der Waals surface area contributed by atoms with E-state index in [1.54, 1.807) is 42.5 Å². The van der Waals surface area contributed by atoms with Crippen LogP contribution in [0.15, 0.2) is 53.4 Å². The van der Waals surface area contributed by atoms with Crippen LogP contribution >= 0.6 is 0 Å². The van der Waals surface area contributed by atoms with E-state index in [2.05, 4.69) is 4.85 Å². The fourth-order valence-electron chi connectivity index (χ4n) is 1.38. The lowest BCUT2D eigenvalue weighted by atomic mass is 10.2. The van der Waals surface area contributed by atoms with Gasteiger partial charge in [0.1, 0.15) is 5.75 Å². The fourth-order valence-corrected chi connectivity index (χ4v) is 2.17. The Labute approximate surface area is 113 Å². The summed E-state index contributed by atoms with van der Waals surface area (Å²) in [6, 6.07) is 14.8. The first-order chi connectivity index (χ1) is 9.22. The van der Waals surface area contributed by atoms with Crippen LogP contribution in [0, 0.1) is 17.9 Å². The molecule has 0 radical (unpaired) electrons. The highest BCUT2D eigenvalue weighted by Crippen LogP contribution is 2.20. The number of nitrogens with zero attached hydrogens (tertiary/aromatic N) is 2. The molecule has 0 bridgehead atoms. The van der Waals surface area contributed by atoms with E-state index < -0.39 is 11.1 Å². The van der Waals surface area contributed by atoms with E-state index in [0.717, 1.165) is 0 Å². The molecule has 0 aromatic heterocycles. The van der Waals surface area contributed by atoms with Gasteiger partial charge in [-0.1, -0.05) is 12.1 Å². The van der Waals surface area contributed by atoms with Crippen LogP contribution in [0.1, 0.15) is 5.56 Å². The Morgan fingerprint density at radius 3 is 2.58 bits per heavy atom. The molecule has 0 fully saturated rings. The second-order valence-corrected chi connectivity index (χ2v) is 4.67. The lowest BCUT2D eigenvalue weighted by molar-refractivity contribution is 0.562. The standard InChI is InChI=1S/C14H8N2O2S/c1-16-12-3-2-4-14(9-12)19(17)18-13-7-5-11(10-15)6-8-13/h2-9H. The molecule has 0 saturated carbocycles. The Morgan fingerprint density at radius 2 is 1.95 bits per heavy atom. The van der Waals surface area contributed by atoms with Crippen molar-refractivity contribution in [2.75, 3.05) is 0 Å². The molecule has 0 spiro atoms. The third-order valence-electron chi connectivity index (χ3n) is 2.29. The van der Waals surface area contributed by atoms with Crippen LogP contribution in [-0.2, 0) is 11.1 Å². The molecule has 0 saturated heterocycles. The van der Waals surface area contributed by atoms with Crippen molar-refractivity contribution in [2.45, 2.75) is 4.90 Å². The van der Waals surface area contributed by atoms with Gasteiger partial charge in [-0.2, -0.15) is 5.26 Å². The number of benzene rings is 2. The summed E-state index contributed by atoms with van der Waals surface area (Å²) in [5.74, 6) is 0.408. The fraction of sp³-hybridized carbons (Fsp3) is 0. The summed E-state index contributed by atoms with van der Waals surface area (Å²) >= 11 is -1.68. The summed E-state index contributed by atoms with van der Waals surface area (Å²) in [6.45, 7) is 6.90. The van der Waals surface area contributed by atoms with Crippen LogP contribution in [0.4, 0.5) is 5.69 Å². The average molecular weight is 268 g/mol. The van der Waals surface area contributed by atoms with Crippen molar-refractivity contribution in [1.29, 1.82) is 5.26 Å². The van der Waals surface area contributed by atoms with Gasteiger partial charge in [-0.3, -0.25) is 0 Å². The molecule has 1 atom stereocenters. The van der Waals surface area contributed by atoms with Gasteiger partial charge in [0.05, 0.1) is 23.1 Å². The van der Waals surface area contributed by atoms with E-state index in [0.29, 0.717) is 21.9 Å². The smallest absolute Gasteiger partial charge is 0.239 e. The van der Waals surface area contributed by atoms with Gasteiger partial charge in [0, 0.05) is 0 Å². The molecule has 0 amide bonds. The van der Waals surface area contributed by atoms with Crippen LogP contribution in [-0.4, -0.2) is 4.21 Å². The van der Waals surface area contributed by atoms with Crippen molar-refractivity contribution >= 4 is 16.8 Å². The van der Waals surface area contributed by atoms with E-state index in [1.807, 2.05) is 6.07 Å². The normalized spacial score (nSPS) is 11.1. The summed E-state index contributed by atoms with van der Waals surface area (Å²) in [6.07, 6.45) is 0. The first-order valence-electron chi connectivity index (χ1n) is 5.31. The van der Waals surface area contributed by atoms with Crippen LogP contribution < -0.4 is 4.18 Å². The molecular weight excluding hydrogens is 260 g/mol. The lowest BCUT2D eigenvalue weighted by Gasteiger charge is -2.05. The van der Waals surface area contributed by atoms with E-state index in [4.69, 9.17) is 16.0 Å². The largest absolute Gasteiger partial charge is 0.397 e. The van der Waals surface area contributed by atoms with Gasteiger partial charge in [0.15, 0.2) is 5.69 Å². The van der Waals surface area contributed by atoms with Crippen LogP contribution in [0.25, 0.3) is 4.85 Å². The summed E-state index contributed by atoms with van der Waals surface area (Å²) in [5, 5.41) is 8.67. The maximum absolute atomic E-state index is 12.0. The lowest BCUT2D eigenvalue weighted by Crippen LogP contribution is -2.00. The Kier molecular flexibility index (Phi) is 3.92. The van der Waals surface area contributed by atoms with Crippen LogP contribution in [0.3, 0.4) is 0 Å². The zero-order chi connectivity index (χ0) is 13.7. The third kappa shape index (κ3) is 3.19. The van der Waals surface area contributed by atoms with E-state index >= 15 is 0 Å². The minimum Gasteiger partial charge on any atom is -0.397 e. The van der Waals surface area contributed by atoms with Crippen molar-refractivity contribution in [1.82, 2.24) is 0 Å². The molecule has 1 unspecified atom stereocenters. The predicted octanol–water partition coefficient (Wildman–Crippen LogP) is 3.21. The Hall–Kier alpha value is -2.63. The molecule has 0 heterocycles. The van der Waals surface area contributed by atoms with Gasteiger partial charge in [0.2, 0.25) is 11.1 Å². The maximum Gasteiger partial charge on any atom is 0.239 e. The quantitative estimate of drug-likeness (QED) is 0.803. The minimum atomic E-state index is -1.68. The first-order valence-corrected chi connectivity index (χ1v) is 6.38. The number of nitriles is 1. The molecule has 0 aliphatic rings. The predicted molar refractivity (Wildman–Crippen MR) is 70.9 cm³/mol. The number of hydrogen-bond donors (Lipinski definition) is 0. The maximum atomic E-state index is 12.0. The van der Waals surface area contributed by atoms with Gasteiger partial charge in [-0.05, 0) is 36.4 Å². The van der Waals surface area contributed by atoms with Crippen molar-refractivity contribution in [3.63, 3.8) is 0 Å². The van der Waals surface area contributed by atoms with Crippen LogP contribution in [0.2, 0.25) is 0 Å². The van der Waals surface area contributed by atoms with Crippen LogP contribution in [0.5, 0.6) is 5.75 Å². The molecule has 4 nitrogen and oxygen atoms in total.